The molecule has 228 valence electrons. The summed E-state index contributed by atoms with van der Waals surface area (Å²) in [7, 11) is 0. The van der Waals surface area contributed by atoms with Gasteiger partial charge in [-0.3, -0.25) is 14.5 Å². The number of carbonyl (C=O) groups excluding carboxylic acids is 1. The van der Waals surface area contributed by atoms with Gasteiger partial charge in [0.25, 0.3) is 0 Å². The maximum Gasteiger partial charge on any atom is 0.303 e. The predicted octanol–water partition coefficient (Wildman–Crippen LogP) is 4.16. The number of nitrogens with one attached hydrogen (secondary N) is 1. The molecule has 0 bridgehead atoms. The van der Waals surface area contributed by atoms with Crippen LogP contribution in [0.25, 0.3) is 0 Å². The normalized spacial score (nSPS) is 25.1. The van der Waals surface area contributed by atoms with Crippen molar-refractivity contribution < 1.29 is 29.3 Å². The molecule has 0 aromatic heterocycles. The Morgan fingerprint density at radius 2 is 1.57 bits per heavy atom. The summed E-state index contributed by atoms with van der Waals surface area (Å²) in [5, 5.41) is 21.1. The number of hydrogen-bond acceptors (Lipinski definition) is 7. The number of hydrogen-bond donors (Lipinski definition) is 3. The summed E-state index contributed by atoms with van der Waals surface area (Å²) in [4.78, 5) is 28.0. The number of carbonyl (C=O) groups is 2. The van der Waals surface area contributed by atoms with Gasteiger partial charge in [-0.2, -0.15) is 0 Å². The zero-order chi connectivity index (χ0) is 29.3. The number of aliphatic hydroxyl groups excluding tert-OH is 1. The number of benzene rings is 2. The number of likely N-dealkylation sites (tertiary alicyclic amines) is 2. The highest BCUT2D eigenvalue weighted by Gasteiger charge is 2.36. The second-order valence-electron chi connectivity index (χ2n) is 11.9. The van der Waals surface area contributed by atoms with E-state index in [-0.39, 0.29) is 37.6 Å². The molecule has 0 radical (unpaired) electrons. The molecule has 3 heterocycles. The van der Waals surface area contributed by atoms with Crippen LogP contribution in [-0.2, 0) is 32.2 Å². The third-order valence-electron chi connectivity index (χ3n) is 8.76. The molecule has 0 saturated carbocycles. The second kappa shape index (κ2) is 15.1. The Hall–Kier alpha value is -2.82. The van der Waals surface area contributed by atoms with Crippen molar-refractivity contribution in [3.05, 3.63) is 70.8 Å². The summed E-state index contributed by atoms with van der Waals surface area (Å²) in [6.45, 7) is 5.98. The summed E-state index contributed by atoms with van der Waals surface area (Å²) >= 11 is 0. The number of aliphatic hydroxyl groups is 1. The van der Waals surface area contributed by atoms with Crippen LogP contribution in [-0.4, -0.2) is 76.8 Å². The van der Waals surface area contributed by atoms with E-state index in [0.29, 0.717) is 19.0 Å². The molecule has 3 saturated heterocycles. The van der Waals surface area contributed by atoms with Gasteiger partial charge in [0, 0.05) is 50.5 Å². The highest BCUT2D eigenvalue weighted by Crippen LogP contribution is 2.39. The van der Waals surface area contributed by atoms with E-state index in [4.69, 9.17) is 14.6 Å². The lowest BCUT2D eigenvalue weighted by Crippen LogP contribution is -2.45. The zero-order valence-corrected chi connectivity index (χ0v) is 24.5. The number of carboxylic acids is 1. The fourth-order valence-electron chi connectivity index (χ4n) is 6.38. The van der Waals surface area contributed by atoms with Crippen LogP contribution in [0.4, 0.5) is 0 Å². The first kappa shape index (κ1) is 30.6. The average molecular weight is 580 g/mol. The fraction of sp³-hybridized carbons (Fsp3) is 0.576. The van der Waals surface area contributed by atoms with Crippen molar-refractivity contribution in [1.29, 1.82) is 0 Å². The van der Waals surface area contributed by atoms with Crippen molar-refractivity contribution in [1.82, 2.24) is 15.1 Å². The molecule has 3 aliphatic rings. The van der Waals surface area contributed by atoms with Gasteiger partial charge in [-0.25, -0.2) is 0 Å². The van der Waals surface area contributed by atoms with E-state index < -0.39 is 12.3 Å². The van der Waals surface area contributed by atoms with Crippen LogP contribution in [0.5, 0.6) is 0 Å². The third kappa shape index (κ3) is 8.61. The Labute approximate surface area is 248 Å². The molecule has 42 heavy (non-hydrogen) atoms. The Kier molecular flexibility index (Phi) is 11.0. The molecule has 3 aliphatic heterocycles. The molecule has 9 heteroatoms. The first-order chi connectivity index (χ1) is 20.5. The van der Waals surface area contributed by atoms with Crippen LogP contribution in [0.1, 0.15) is 86.0 Å². The van der Waals surface area contributed by atoms with E-state index in [1.165, 1.54) is 38.8 Å². The first-order valence-corrected chi connectivity index (χ1v) is 15.5. The largest absolute Gasteiger partial charge is 0.481 e. The van der Waals surface area contributed by atoms with Gasteiger partial charge in [0.05, 0.1) is 18.8 Å². The summed E-state index contributed by atoms with van der Waals surface area (Å²) in [6, 6.07) is 16.5. The van der Waals surface area contributed by atoms with Crippen molar-refractivity contribution in [2.24, 2.45) is 0 Å². The van der Waals surface area contributed by atoms with Gasteiger partial charge in [-0.1, -0.05) is 48.5 Å². The van der Waals surface area contributed by atoms with E-state index in [0.717, 1.165) is 48.3 Å². The number of rotatable bonds is 13. The standard InChI is InChI=1S/C33H45N3O6/c37-23-25-10-12-26(13-11-25)30-19-29(22-36-18-4-5-28(36)21-35-16-1-2-17-35)41-33(42-30)27-14-8-24(9-15-27)20-34-31(38)6-3-7-32(39)40/h8-15,28-30,33,37H,1-7,16-23H2,(H,34,38)(H,39,40)/t28-,29+,30-,33-/m0/s1. The lowest BCUT2D eigenvalue weighted by Gasteiger charge is -2.39. The maximum atomic E-state index is 12.1. The summed E-state index contributed by atoms with van der Waals surface area (Å²) in [6.07, 6.45) is 5.79. The van der Waals surface area contributed by atoms with Crippen LogP contribution in [0.2, 0.25) is 0 Å². The van der Waals surface area contributed by atoms with E-state index in [1.807, 2.05) is 48.5 Å². The smallest absolute Gasteiger partial charge is 0.303 e. The minimum atomic E-state index is -0.889. The minimum Gasteiger partial charge on any atom is -0.481 e. The van der Waals surface area contributed by atoms with Gasteiger partial charge in [0.2, 0.25) is 5.91 Å². The summed E-state index contributed by atoms with van der Waals surface area (Å²) in [5.74, 6) is -1.04. The van der Waals surface area contributed by atoms with Gasteiger partial charge in [0.1, 0.15) is 0 Å². The number of ether oxygens (including phenoxy) is 2. The number of carboxylic acid groups (broad SMARTS) is 1. The molecular formula is C33H45N3O6. The van der Waals surface area contributed by atoms with Crippen molar-refractivity contribution in [2.75, 3.05) is 32.7 Å². The van der Waals surface area contributed by atoms with Gasteiger partial charge in [0.15, 0.2) is 6.29 Å². The second-order valence-corrected chi connectivity index (χ2v) is 11.9. The predicted molar refractivity (Wildman–Crippen MR) is 158 cm³/mol. The molecule has 1 amide bonds. The molecule has 2 aromatic rings. The highest BCUT2D eigenvalue weighted by molar-refractivity contribution is 5.76. The number of amides is 1. The van der Waals surface area contributed by atoms with Crippen LogP contribution in [0.3, 0.4) is 0 Å². The van der Waals surface area contributed by atoms with Crippen molar-refractivity contribution >= 4 is 11.9 Å². The Morgan fingerprint density at radius 3 is 2.29 bits per heavy atom. The lowest BCUT2D eigenvalue weighted by molar-refractivity contribution is -0.253. The Bertz CT molecular complexity index is 1150. The van der Waals surface area contributed by atoms with E-state index in [1.54, 1.807) is 0 Å². The number of nitrogens with zero attached hydrogens (tertiary/aromatic N) is 2. The average Bonchev–Trinajstić information content (AvgIpc) is 3.68. The topological polar surface area (TPSA) is 112 Å². The van der Waals surface area contributed by atoms with E-state index in [9.17, 15) is 14.7 Å². The fourth-order valence-corrected chi connectivity index (χ4v) is 6.38. The Morgan fingerprint density at radius 1 is 0.857 bits per heavy atom. The summed E-state index contributed by atoms with van der Waals surface area (Å²) < 4.78 is 13.1. The molecule has 4 atom stereocenters. The first-order valence-electron chi connectivity index (χ1n) is 15.5. The molecule has 3 N–H and O–H groups in total. The Balaban J connectivity index is 1.23. The van der Waals surface area contributed by atoms with Crippen molar-refractivity contribution in [2.45, 2.75) is 89.1 Å². The lowest BCUT2D eigenvalue weighted by atomic mass is 9.99. The third-order valence-corrected chi connectivity index (χ3v) is 8.76. The molecule has 0 unspecified atom stereocenters. The van der Waals surface area contributed by atoms with Crippen molar-refractivity contribution in [3.8, 4) is 0 Å². The molecule has 0 spiro atoms. The van der Waals surface area contributed by atoms with Gasteiger partial charge in [-0.15, -0.1) is 0 Å². The molecule has 3 fully saturated rings. The van der Waals surface area contributed by atoms with Gasteiger partial charge in [-0.05, 0) is 68.4 Å². The van der Waals surface area contributed by atoms with E-state index >= 15 is 0 Å². The van der Waals surface area contributed by atoms with Gasteiger partial charge >= 0.3 is 5.97 Å². The number of aliphatic carboxylic acids is 1. The van der Waals surface area contributed by atoms with Gasteiger partial charge < -0.3 is 29.9 Å². The quantitative estimate of drug-likeness (QED) is 0.325. The minimum absolute atomic E-state index is 0.00602. The van der Waals surface area contributed by atoms with Crippen LogP contribution < -0.4 is 5.32 Å². The molecule has 9 nitrogen and oxygen atoms in total. The SMILES string of the molecule is O=C(O)CCCC(=O)NCc1ccc([C@H]2O[C@@H](CN3CCC[C@H]3CN3CCCC3)C[C@@H](c3ccc(CO)cc3)O2)cc1. The maximum absolute atomic E-state index is 12.1. The van der Waals surface area contributed by atoms with E-state index in [2.05, 4.69) is 15.1 Å². The van der Waals surface area contributed by atoms with Crippen LogP contribution >= 0.6 is 0 Å². The van der Waals surface area contributed by atoms with Crippen molar-refractivity contribution in [3.63, 3.8) is 0 Å². The van der Waals surface area contributed by atoms with Crippen LogP contribution in [0.15, 0.2) is 48.5 Å². The van der Waals surface area contributed by atoms with Crippen LogP contribution in [0, 0.1) is 0 Å². The molecule has 2 aromatic carbocycles. The zero-order valence-electron chi connectivity index (χ0n) is 24.5. The molecule has 0 aliphatic carbocycles. The molecule has 5 rings (SSSR count). The monoisotopic (exact) mass is 579 g/mol. The molecular weight excluding hydrogens is 534 g/mol. The summed E-state index contributed by atoms with van der Waals surface area (Å²) in [5.41, 5.74) is 3.85. The highest BCUT2D eigenvalue weighted by atomic mass is 16.7.